The van der Waals surface area contributed by atoms with E-state index in [1.54, 1.807) is 7.11 Å². The second kappa shape index (κ2) is 6.56. The molecule has 0 radical (unpaired) electrons. The maximum Gasteiger partial charge on any atom is 0.133 e. The van der Waals surface area contributed by atoms with Crippen molar-refractivity contribution < 1.29 is 9.26 Å². The summed E-state index contributed by atoms with van der Waals surface area (Å²) in [6.07, 6.45) is 2.23. The minimum absolute atomic E-state index is 0.782. The Morgan fingerprint density at radius 2 is 2.36 bits per heavy atom. The molecular formula is C10H18N2O2. The molecule has 4 nitrogen and oxygen atoms in total. The molecular weight excluding hydrogens is 180 g/mol. The Morgan fingerprint density at radius 1 is 1.50 bits per heavy atom. The van der Waals surface area contributed by atoms with E-state index in [0.717, 1.165) is 44.0 Å². The van der Waals surface area contributed by atoms with Gasteiger partial charge in [-0.3, -0.25) is 0 Å². The van der Waals surface area contributed by atoms with Crippen molar-refractivity contribution in [1.82, 2.24) is 10.5 Å². The fourth-order valence-corrected chi connectivity index (χ4v) is 1.21. The van der Waals surface area contributed by atoms with Crippen LogP contribution in [0.1, 0.15) is 24.3 Å². The molecule has 80 valence electrons. The number of aromatic nitrogens is 1. The number of unbranched alkanes of at least 4 members (excludes halogenated alkanes) is 1. The molecule has 0 fully saturated rings. The number of nitrogens with zero attached hydrogens (tertiary/aromatic N) is 1. The highest BCUT2D eigenvalue weighted by atomic mass is 16.5. The van der Waals surface area contributed by atoms with Gasteiger partial charge in [-0.25, -0.2) is 0 Å². The molecule has 1 N–H and O–H groups in total. The van der Waals surface area contributed by atoms with Crippen LogP contribution < -0.4 is 5.32 Å². The number of aryl methyl sites for hydroxylation is 1. The zero-order valence-electron chi connectivity index (χ0n) is 8.88. The number of methoxy groups -OCH3 is 1. The van der Waals surface area contributed by atoms with Crippen LogP contribution in [-0.2, 0) is 11.3 Å². The minimum Gasteiger partial charge on any atom is -0.385 e. The fourth-order valence-electron chi connectivity index (χ4n) is 1.21. The van der Waals surface area contributed by atoms with Crippen molar-refractivity contribution in [3.8, 4) is 0 Å². The van der Waals surface area contributed by atoms with Crippen molar-refractivity contribution in [3.63, 3.8) is 0 Å². The first-order valence-electron chi connectivity index (χ1n) is 4.95. The molecule has 0 bridgehead atoms. The first kappa shape index (κ1) is 11.2. The van der Waals surface area contributed by atoms with E-state index in [1.165, 1.54) is 0 Å². The summed E-state index contributed by atoms with van der Waals surface area (Å²) in [4.78, 5) is 0. The molecule has 4 heteroatoms. The number of hydrogen-bond donors (Lipinski definition) is 1. The van der Waals surface area contributed by atoms with Gasteiger partial charge in [0, 0.05) is 26.3 Å². The van der Waals surface area contributed by atoms with Crippen LogP contribution in [-0.4, -0.2) is 25.4 Å². The zero-order chi connectivity index (χ0) is 10.2. The quantitative estimate of drug-likeness (QED) is 0.674. The SMILES string of the molecule is COCCCCNCc1cc(C)on1. The normalized spacial score (nSPS) is 10.7. The Kier molecular flexibility index (Phi) is 5.25. The molecule has 0 aromatic carbocycles. The number of rotatable bonds is 7. The van der Waals surface area contributed by atoms with Crippen molar-refractivity contribution in [1.29, 1.82) is 0 Å². The smallest absolute Gasteiger partial charge is 0.133 e. The number of nitrogens with one attached hydrogen (secondary N) is 1. The third-order valence-electron chi connectivity index (χ3n) is 1.93. The van der Waals surface area contributed by atoms with E-state index >= 15 is 0 Å². The Bertz CT molecular complexity index is 248. The zero-order valence-corrected chi connectivity index (χ0v) is 8.88. The lowest BCUT2D eigenvalue weighted by Gasteiger charge is -2.01. The van der Waals surface area contributed by atoms with Gasteiger partial charge in [0.2, 0.25) is 0 Å². The van der Waals surface area contributed by atoms with Gasteiger partial charge in [-0.05, 0) is 26.3 Å². The van der Waals surface area contributed by atoms with Crippen LogP contribution in [0, 0.1) is 6.92 Å². The molecule has 0 saturated carbocycles. The molecule has 0 aliphatic rings. The summed E-state index contributed by atoms with van der Waals surface area (Å²) in [5.41, 5.74) is 0.967. The average molecular weight is 198 g/mol. The summed E-state index contributed by atoms with van der Waals surface area (Å²) in [6.45, 7) is 4.51. The lowest BCUT2D eigenvalue weighted by molar-refractivity contribution is 0.192. The number of ether oxygens (including phenoxy) is 1. The molecule has 1 aromatic rings. The van der Waals surface area contributed by atoms with Gasteiger partial charge >= 0.3 is 0 Å². The molecule has 0 aliphatic heterocycles. The maximum atomic E-state index is 4.95. The Morgan fingerprint density at radius 3 is 3.00 bits per heavy atom. The van der Waals surface area contributed by atoms with Crippen LogP contribution in [0.25, 0.3) is 0 Å². The monoisotopic (exact) mass is 198 g/mol. The lowest BCUT2D eigenvalue weighted by atomic mass is 10.3. The van der Waals surface area contributed by atoms with Crippen LogP contribution in [0.3, 0.4) is 0 Å². The molecule has 0 amide bonds. The van der Waals surface area contributed by atoms with Gasteiger partial charge in [-0.2, -0.15) is 0 Å². The second-order valence-electron chi connectivity index (χ2n) is 3.31. The number of hydrogen-bond acceptors (Lipinski definition) is 4. The molecule has 1 heterocycles. The molecule has 0 unspecified atom stereocenters. The van der Waals surface area contributed by atoms with Crippen LogP contribution in [0.4, 0.5) is 0 Å². The topological polar surface area (TPSA) is 47.3 Å². The molecule has 1 aromatic heterocycles. The van der Waals surface area contributed by atoms with Crippen LogP contribution in [0.2, 0.25) is 0 Å². The molecule has 1 rings (SSSR count). The molecule has 0 saturated heterocycles. The van der Waals surface area contributed by atoms with Gasteiger partial charge in [-0.1, -0.05) is 5.16 Å². The van der Waals surface area contributed by atoms with E-state index in [-0.39, 0.29) is 0 Å². The standard InChI is InChI=1S/C10H18N2O2/c1-9-7-10(12-14-9)8-11-5-3-4-6-13-2/h7,11H,3-6,8H2,1-2H3. The van der Waals surface area contributed by atoms with Crippen molar-refractivity contribution in [2.75, 3.05) is 20.3 Å². The van der Waals surface area contributed by atoms with Gasteiger partial charge in [0.25, 0.3) is 0 Å². The van der Waals surface area contributed by atoms with E-state index in [9.17, 15) is 0 Å². The largest absolute Gasteiger partial charge is 0.385 e. The first-order chi connectivity index (χ1) is 6.83. The van der Waals surface area contributed by atoms with Gasteiger partial charge in [0.1, 0.15) is 5.76 Å². The van der Waals surface area contributed by atoms with Crippen LogP contribution >= 0.6 is 0 Å². The highest BCUT2D eigenvalue weighted by Gasteiger charge is 1.98. The second-order valence-corrected chi connectivity index (χ2v) is 3.31. The lowest BCUT2D eigenvalue weighted by Crippen LogP contribution is -2.15. The Labute approximate surface area is 84.6 Å². The highest BCUT2D eigenvalue weighted by Crippen LogP contribution is 2.00. The molecule has 0 spiro atoms. The predicted octanol–water partition coefficient (Wildman–Crippen LogP) is 1.50. The van der Waals surface area contributed by atoms with Crippen molar-refractivity contribution in [2.45, 2.75) is 26.3 Å². The molecule has 0 atom stereocenters. The van der Waals surface area contributed by atoms with Crippen molar-refractivity contribution >= 4 is 0 Å². The Hall–Kier alpha value is -0.870. The summed E-state index contributed by atoms with van der Waals surface area (Å²) in [5.74, 6) is 0.862. The van der Waals surface area contributed by atoms with Gasteiger partial charge < -0.3 is 14.6 Å². The van der Waals surface area contributed by atoms with E-state index in [0.29, 0.717) is 0 Å². The summed E-state index contributed by atoms with van der Waals surface area (Å²) in [6, 6.07) is 1.95. The van der Waals surface area contributed by atoms with Crippen LogP contribution in [0.5, 0.6) is 0 Å². The summed E-state index contributed by atoms with van der Waals surface area (Å²) < 4.78 is 9.90. The Balaban J connectivity index is 1.99. The highest BCUT2D eigenvalue weighted by molar-refractivity contribution is 5.02. The van der Waals surface area contributed by atoms with Crippen molar-refractivity contribution in [2.24, 2.45) is 0 Å². The van der Waals surface area contributed by atoms with E-state index in [4.69, 9.17) is 9.26 Å². The van der Waals surface area contributed by atoms with E-state index < -0.39 is 0 Å². The minimum atomic E-state index is 0.782. The first-order valence-corrected chi connectivity index (χ1v) is 4.95. The van der Waals surface area contributed by atoms with E-state index in [1.807, 2.05) is 13.0 Å². The molecule has 0 aliphatic carbocycles. The summed E-state index contributed by atoms with van der Waals surface area (Å²) in [5, 5.41) is 7.18. The third-order valence-corrected chi connectivity index (χ3v) is 1.93. The molecule has 14 heavy (non-hydrogen) atoms. The van der Waals surface area contributed by atoms with E-state index in [2.05, 4.69) is 10.5 Å². The van der Waals surface area contributed by atoms with Gasteiger partial charge in [0.15, 0.2) is 0 Å². The fraction of sp³-hybridized carbons (Fsp3) is 0.700. The van der Waals surface area contributed by atoms with Crippen LogP contribution in [0.15, 0.2) is 10.6 Å². The predicted molar refractivity (Wildman–Crippen MR) is 54.1 cm³/mol. The van der Waals surface area contributed by atoms with Crippen molar-refractivity contribution in [3.05, 3.63) is 17.5 Å². The third kappa shape index (κ3) is 4.39. The van der Waals surface area contributed by atoms with Gasteiger partial charge in [-0.15, -0.1) is 0 Å². The van der Waals surface area contributed by atoms with Gasteiger partial charge in [0.05, 0.1) is 5.69 Å². The summed E-state index contributed by atoms with van der Waals surface area (Å²) in [7, 11) is 1.73. The maximum absolute atomic E-state index is 4.95. The average Bonchev–Trinajstić information content (AvgIpc) is 2.58. The summed E-state index contributed by atoms with van der Waals surface area (Å²) >= 11 is 0.